The number of rotatable bonds is 7. The van der Waals surface area contributed by atoms with Crippen molar-refractivity contribution in [2.24, 2.45) is 0 Å². The standard InChI is InChI=1S/C22H17ClN2O6S2/c23-12-1-2-17-13(7-12)24(5-3-21(26)27)19(32-17)10-20-25(6-4-22(28)29)14-8-15-16(31-11-30-15)9-18(14)33-20/h1-2,7-10H,3-6,11H2,(H-,26,27,28,29)/p+1. The number of carbonyl (C=O) groups is 2. The van der Waals surface area contributed by atoms with Crippen LogP contribution >= 0.6 is 34.7 Å². The highest BCUT2D eigenvalue weighted by atomic mass is 35.5. The Labute approximate surface area is 201 Å². The van der Waals surface area contributed by atoms with Crippen LogP contribution in [0.4, 0.5) is 5.69 Å². The van der Waals surface area contributed by atoms with Crippen molar-refractivity contribution in [3.05, 3.63) is 45.4 Å². The van der Waals surface area contributed by atoms with Gasteiger partial charge in [0, 0.05) is 22.5 Å². The number of halogens is 1. The largest absolute Gasteiger partial charge is 0.481 e. The molecule has 3 heterocycles. The Hall–Kier alpha value is -2.95. The van der Waals surface area contributed by atoms with E-state index in [2.05, 4.69) is 0 Å². The molecular formula is C22H18ClN2O6S2+. The van der Waals surface area contributed by atoms with Gasteiger partial charge in [-0.05, 0) is 18.2 Å². The van der Waals surface area contributed by atoms with Crippen molar-refractivity contribution < 1.29 is 33.8 Å². The number of ether oxygens (including phenoxy) is 2. The fourth-order valence-corrected chi connectivity index (χ4v) is 6.24. The number of aliphatic carboxylic acids is 2. The van der Waals surface area contributed by atoms with Crippen molar-refractivity contribution in [3.63, 3.8) is 0 Å². The fraction of sp³-hybridized carbons (Fsp3) is 0.227. The molecule has 33 heavy (non-hydrogen) atoms. The topological polar surface area (TPSA) is 100 Å². The first-order valence-corrected chi connectivity index (χ1v) is 12.1. The lowest BCUT2D eigenvalue weighted by Crippen LogP contribution is -2.36. The number of hydrogen-bond donors (Lipinski definition) is 2. The number of carboxylic acids is 2. The van der Waals surface area contributed by atoms with E-state index in [1.807, 2.05) is 39.8 Å². The van der Waals surface area contributed by atoms with Crippen molar-refractivity contribution in [2.45, 2.75) is 24.3 Å². The number of hydrogen-bond acceptors (Lipinski definition) is 7. The van der Waals surface area contributed by atoms with Crippen LogP contribution in [0.5, 0.6) is 11.5 Å². The molecule has 0 radical (unpaired) electrons. The number of thioether (sulfide) groups is 1. The van der Waals surface area contributed by atoms with E-state index in [0.29, 0.717) is 16.5 Å². The lowest BCUT2D eigenvalue weighted by Gasteiger charge is -2.19. The second-order valence-corrected chi connectivity index (χ2v) is 9.96. The molecule has 0 saturated heterocycles. The van der Waals surface area contributed by atoms with E-state index in [1.54, 1.807) is 6.07 Å². The summed E-state index contributed by atoms with van der Waals surface area (Å²) < 4.78 is 13.9. The molecule has 0 atom stereocenters. The quantitative estimate of drug-likeness (QED) is 0.455. The first kappa shape index (κ1) is 21.9. The summed E-state index contributed by atoms with van der Waals surface area (Å²) in [4.78, 5) is 25.5. The molecule has 0 amide bonds. The molecule has 2 aliphatic heterocycles. The van der Waals surface area contributed by atoms with Crippen LogP contribution in [0.1, 0.15) is 17.8 Å². The zero-order valence-electron chi connectivity index (χ0n) is 17.1. The van der Waals surface area contributed by atoms with Crippen molar-refractivity contribution in [2.75, 3.05) is 18.2 Å². The number of fused-ring (bicyclic) bond motifs is 3. The van der Waals surface area contributed by atoms with Gasteiger partial charge >= 0.3 is 11.9 Å². The third kappa shape index (κ3) is 4.33. The number of nitrogens with zero attached hydrogens (tertiary/aromatic N) is 2. The van der Waals surface area contributed by atoms with Crippen LogP contribution in [0.25, 0.3) is 16.3 Å². The summed E-state index contributed by atoms with van der Waals surface area (Å²) in [5.74, 6) is -0.484. The number of aryl methyl sites for hydroxylation is 1. The number of carboxylic acid groups (broad SMARTS) is 2. The van der Waals surface area contributed by atoms with E-state index in [4.69, 9.17) is 21.1 Å². The molecule has 8 nitrogen and oxygen atoms in total. The second kappa shape index (κ2) is 8.77. The van der Waals surface area contributed by atoms with E-state index in [1.165, 1.54) is 23.1 Å². The molecule has 0 unspecified atom stereocenters. The SMILES string of the molecule is O=C(O)CCN1C(=Cc2sc3cc4c(cc3[n+]2CCC(=O)O)OCO4)Sc2ccc(Cl)cc21. The predicted octanol–water partition coefficient (Wildman–Crippen LogP) is 4.43. The monoisotopic (exact) mass is 505 g/mol. The van der Waals surface area contributed by atoms with Crippen molar-refractivity contribution >= 4 is 68.6 Å². The highest BCUT2D eigenvalue weighted by Gasteiger charge is 2.30. The van der Waals surface area contributed by atoms with E-state index in [0.717, 1.165) is 30.8 Å². The molecule has 0 aliphatic carbocycles. The minimum absolute atomic E-state index is 0.0311. The summed E-state index contributed by atoms with van der Waals surface area (Å²) in [6, 6.07) is 9.32. The normalized spacial score (nSPS) is 15.4. The smallest absolute Gasteiger partial charge is 0.309 e. The maximum Gasteiger partial charge on any atom is 0.309 e. The molecule has 3 aromatic rings. The molecule has 0 spiro atoms. The van der Waals surface area contributed by atoms with Gasteiger partial charge in [-0.2, -0.15) is 4.57 Å². The predicted molar refractivity (Wildman–Crippen MR) is 125 cm³/mol. The molecular weight excluding hydrogens is 488 g/mol. The summed E-state index contributed by atoms with van der Waals surface area (Å²) in [7, 11) is 0. The number of benzene rings is 2. The van der Waals surface area contributed by atoms with Crippen molar-refractivity contribution in [1.29, 1.82) is 0 Å². The van der Waals surface area contributed by atoms with Gasteiger partial charge in [0.25, 0.3) is 5.01 Å². The summed E-state index contributed by atoms with van der Waals surface area (Å²) in [5.41, 5.74) is 1.72. The Kier molecular flexibility index (Phi) is 5.81. The highest BCUT2D eigenvalue weighted by molar-refractivity contribution is 8.03. The Morgan fingerprint density at radius 2 is 1.88 bits per heavy atom. The van der Waals surface area contributed by atoms with Gasteiger partial charge < -0.3 is 24.6 Å². The molecule has 5 rings (SSSR count). The molecule has 170 valence electrons. The lowest BCUT2D eigenvalue weighted by molar-refractivity contribution is -0.667. The number of anilines is 1. The average Bonchev–Trinajstić information content (AvgIpc) is 3.44. The van der Waals surface area contributed by atoms with Crippen molar-refractivity contribution in [3.8, 4) is 11.5 Å². The first-order valence-electron chi connectivity index (χ1n) is 10.1. The molecule has 2 N–H and O–H groups in total. The zero-order chi connectivity index (χ0) is 23.1. The first-order chi connectivity index (χ1) is 15.9. The van der Waals surface area contributed by atoms with Crippen LogP contribution < -0.4 is 18.9 Å². The molecule has 0 saturated carbocycles. The molecule has 0 fully saturated rings. The molecule has 11 heteroatoms. The lowest BCUT2D eigenvalue weighted by atomic mass is 10.2. The summed E-state index contributed by atoms with van der Waals surface area (Å²) in [6.07, 6.45) is 1.91. The van der Waals surface area contributed by atoms with Gasteiger partial charge in [0.2, 0.25) is 12.3 Å². The fourth-order valence-electron chi connectivity index (χ4n) is 3.76. The molecule has 0 bridgehead atoms. The third-order valence-corrected chi connectivity index (χ3v) is 7.71. The van der Waals surface area contributed by atoms with Gasteiger partial charge in [-0.1, -0.05) is 34.7 Å². The highest BCUT2D eigenvalue weighted by Crippen LogP contribution is 2.48. The van der Waals surface area contributed by atoms with E-state index in [-0.39, 0.29) is 32.7 Å². The number of thiazole rings is 1. The van der Waals surface area contributed by atoms with Gasteiger partial charge in [-0.25, -0.2) is 0 Å². The van der Waals surface area contributed by atoms with Gasteiger partial charge in [0.1, 0.15) is 11.1 Å². The Bertz CT molecular complexity index is 1320. The summed E-state index contributed by atoms with van der Waals surface area (Å²) >= 11 is 9.24. The van der Waals surface area contributed by atoms with Gasteiger partial charge in [-0.15, -0.1) is 0 Å². The van der Waals surface area contributed by atoms with Crippen LogP contribution in [0, 0.1) is 0 Å². The van der Waals surface area contributed by atoms with Crippen molar-refractivity contribution in [1.82, 2.24) is 0 Å². The van der Waals surface area contributed by atoms with Gasteiger partial charge in [0.05, 0.1) is 29.3 Å². The molecule has 1 aromatic heterocycles. The van der Waals surface area contributed by atoms with E-state index >= 15 is 0 Å². The Morgan fingerprint density at radius 1 is 1.12 bits per heavy atom. The third-order valence-electron chi connectivity index (χ3n) is 5.26. The van der Waals surface area contributed by atoms with Crippen LogP contribution in [0.2, 0.25) is 5.02 Å². The maximum atomic E-state index is 11.3. The maximum absolute atomic E-state index is 11.3. The van der Waals surface area contributed by atoms with Gasteiger partial charge in [-0.3, -0.25) is 9.59 Å². The Balaban J connectivity index is 1.59. The number of aromatic nitrogens is 1. The van der Waals surface area contributed by atoms with Crippen LogP contribution in [0.15, 0.2) is 40.3 Å². The summed E-state index contributed by atoms with van der Waals surface area (Å²) in [6.45, 7) is 0.735. The minimum atomic E-state index is -0.887. The van der Waals surface area contributed by atoms with Crippen LogP contribution in [-0.2, 0) is 16.1 Å². The average molecular weight is 506 g/mol. The van der Waals surface area contributed by atoms with Crippen LogP contribution in [0.3, 0.4) is 0 Å². The minimum Gasteiger partial charge on any atom is -0.481 e. The van der Waals surface area contributed by atoms with Gasteiger partial charge in [0.15, 0.2) is 18.0 Å². The molecule has 2 aliphatic rings. The zero-order valence-corrected chi connectivity index (χ0v) is 19.5. The Morgan fingerprint density at radius 3 is 2.64 bits per heavy atom. The van der Waals surface area contributed by atoms with E-state index < -0.39 is 11.9 Å². The van der Waals surface area contributed by atoms with Crippen LogP contribution in [-0.4, -0.2) is 35.5 Å². The van der Waals surface area contributed by atoms with E-state index in [9.17, 15) is 19.8 Å². The summed E-state index contributed by atoms with van der Waals surface area (Å²) in [5, 5.41) is 20.8. The molecule has 2 aromatic carbocycles. The second-order valence-electron chi connectivity index (χ2n) is 7.40.